The molecular formula is C22H22F3NO5S. The van der Waals surface area contributed by atoms with Crippen LogP contribution in [-0.4, -0.2) is 38.5 Å². The van der Waals surface area contributed by atoms with Gasteiger partial charge in [0, 0.05) is 4.88 Å². The summed E-state index contributed by atoms with van der Waals surface area (Å²) in [7, 11) is 0. The van der Waals surface area contributed by atoms with Crippen LogP contribution >= 0.6 is 11.3 Å². The van der Waals surface area contributed by atoms with Crippen molar-refractivity contribution in [2.75, 3.05) is 0 Å². The van der Waals surface area contributed by atoms with Crippen LogP contribution in [0.5, 0.6) is 0 Å². The van der Waals surface area contributed by atoms with E-state index in [1.165, 1.54) is 6.07 Å². The third kappa shape index (κ3) is 4.11. The predicted octanol–water partition coefficient (Wildman–Crippen LogP) is 4.92. The molecule has 3 atom stereocenters. The number of aliphatic carboxylic acids is 2. The molecule has 0 saturated carbocycles. The van der Waals surface area contributed by atoms with E-state index in [0.29, 0.717) is 4.88 Å². The third-order valence-corrected chi connectivity index (χ3v) is 6.60. The summed E-state index contributed by atoms with van der Waals surface area (Å²) in [4.78, 5) is 39.6. The molecule has 0 radical (unpaired) electrons. The van der Waals surface area contributed by atoms with Crippen LogP contribution in [0.15, 0.2) is 41.8 Å². The van der Waals surface area contributed by atoms with Gasteiger partial charge in [-0.1, -0.05) is 32.0 Å². The van der Waals surface area contributed by atoms with E-state index in [2.05, 4.69) is 0 Å². The van der Waals surface area contributed by atoms with E-state index in [1.807, 2.05) is 0 Å². The lowest BCUT2D eigenvalue weighted by molar-refractivity contribution is -0.150. The second kappa shape index (κ2) is 8.57. The number of alkyl halides is 3. The molecule has 172 valence electrons. The van der Waals surface area contributed by atoms with Gasteiger partial charge in [0.2, 0.25) is 0 Å². The van der Waals surface area contributed by atoms with E-state index in [0.717, 1.165) is 34.4 Å². The SMILES string of the molecule is CC(C)C[C@@]1(C(=O)O)C[C@H](C(=O)O)[C@H](c2cccs2)N1C(=O)c1ccccc1C(F)(F)F. The number of hydrogen-bond donors (Lipinski definition) is 2. The number of hydrogen-bond acceptors (Lipinski definition) is 4. The first-order valence-electron chi connectivity index (χ1n) is 9.89. The zero-order valence-electron chi connectivity index (χ0n) is 17.3. The zero-order valence-corrected chi connectivity index (χ0v) is 18.1. The number of carboxylic acids is 2. The average Bonchev–Trinajstić information content (AvgIpc) is 3.32. The lowest BCUT2D eigenvalue weighted by Crippen LogP contribution is -2.54. The molecule has 0 spiro atoms. The standard InChI is InChI=1S/C22H22F3NO5S/c1-12(2)10-21(20(30)31)11-14(19(28)29)17(16-8-5-9-32-16)26(21)18(27)13-6-3-4-7-15(13)22(23,24)25/h3-9,12,14,17H,10-11H2,1-2H3,(H,28,29)(H,30,31)/t14-,17+,21-/m0/s1. The highest BCUT2D eigenvalue weighted by Gasteiger charge is 2.61. The van der Waals surface area contributed by atoms with Crippen molar-refractivity contribution in [3.8, 4) is 0 Å². The minimum Gasteiger partial charge on any atom is -0.481 e. The van der Waals surface area contributed by atoms with Crippen LogP contribution in [-0.2, 0) is 15.8 Å². The van der Waals surface area contributed by atoms with Crippen LogP contribution in [0.2, 0.25) is 0 Å². The Morgan fingerprint density at radius 3 is 2.31 bits per heavy atom. The van der Waals surface area contributed by atoms with Crippen LogP contribution < -0.4 is 0 Å². The maximum absolute atomic E-state index is 13.7. The highest BCUT2D eigenvalue weighted by molar-refractivity contribution is 7.10. The van der Waals surface area contributed by atoms with Crippen LogP contribution in [0.25, 0.3) is 0 Å². The van der Waals surface area contributed by atoms with Crippen molar-refractivity contribution in [1.82, 2.24) is 4.90 Å². The van der Waals surface area contributed by atoms with E-state index in [-0.39, 0.29) is 12.3 Å². The van der Waals surface area contributed by atoms with Crippen LogP contribution in [0.3, 0.4) is 0 Å². The van der Waals surface area contributed by atoms with Gasteiger partial charge in [0.1, 0.15) is 5.54 Å². The maximum atomic E-state index is 13.7. The Morgan fingerprint density at radius 2 is 1.81 bits per heavy atom. The average molecular weight is 469 g/mol. The summed E-state index contributed by atoms with van der Waals surface area (Å²) < 4.78 is 41.0. The summed E-state index contributed by atoms with van der Waals surface area (Å²) in [5, 5.41) is 21.7. The van der Waals surface area contributed by atoms with E-state index in [1.54, 1.807) is 31.4 Å². The molecule has 32 heavy (non-hydrogen) atoms. The number of amides is 1. The molecular weight excluding hydrogens is 447 g/mol. The normalized spacial score (nSPS) is 23.5. The van der Waals surface area contributed by atoms with Crippen molar-refractivity contribution in [3.63, 3.8) is 0 Å². The molecule has 2 N–H and O–H groups in total. The topological polar surface area (TPSA) is 94.9 Å². The largest absolute Gasteiger partial charge is 0.481 e. The first-order valence-corrected chi connectivity index (χ1v) is 10.8. The smallest absolute Gasteiger partial charge is 0.417 e. The van der Waals surface area contributed by atoms with Gasteiger partial charge in [-0.25, -0.2) is 4.79 Å². The summed E-state index contributed by atoms with van der Waals surface area (Å²) in [5.74, 6) is -5.45. The van der Waals surface area contributed by atoms with Gasteiger partial charge in [-0.15, -0.1) is 11.3 Å². The summed E-state index contributed by atoms with van der Waals surface area (Å²) in [6, 6.07) is 6.12. The quantitative estimate of drug-likeness (QED) is 0.626. The molecule has 1 amide bonds. The van der Waals surface area contributed by atoms with Crippen LogP contribution in [0.4, 0.5) is 13.2 Å². The predicted molar refractivity (Wildman–Crippen MR) is 110 cm³/mol. The molecule has 1 aliphatic rings. The Morgan fingerprint density at radius 1 is 1.16 bits per heavy atom. The number of nitrogens with zero attached hydrogens (tertiary/aromatic N) is 1. The number of thiophene rings is 1. The molecule has 1 aromatic heterocycles. The Hall–Kier alpha value is -2.88. The molecule has 1 aliphatic heterocycles. The molecule has 0 aliphatic carbocycles. The highest BCUT2D eigenvalue weighted by atomic mass is 32.1. The number of halogens is 3. The van der Waals surface area contributed by atoms with Crippen molar-refractivity contribution < 1.29 is 37.8 Å². The lowest BCUT2D eigenvalue weighted by Gasteiger charge is -2.39. The number of carbonyl (C=O) groups is 3. The number of rotatable bonds is 6. The Labute approximate surface area is 186 Å². The fraction of sp³-hybridized carbons (Fsp3) is 0.409. The Bertz CT molecular complexity index is 1020. The Balaban J connectivity index is 2.28. The van der Waals surface area contributed by atoms with Crippen molar-refractivity contribution in [2.45, 2.75) is 44.4 Å². The molecule has 2 heterocycles. The summed E-state index contributed by atoms with van der Waals surface area (Å²) in [5.41, 5.74) is -3.87. The lowest BCUT2D eigenvalue weighted by atomic mass is 9.83. The van der Waals surface area contributed by atoms with E-state index in [9.17, 15) is 37.8 Å². The molecule has 10 heteroatoms. The minimum absolute atomic E-state index is 0.103. The molecule has 1 saturated heterocycles. The van der Waals surface area contributed by atoms with Gasteiger partial charge in [0.15, 0.2) is 0 Å². The summed E-state index contributed by atoms with van der Waals surface area (Å²) in [6.07, 6.45) is -5.35. The van der Waals surface area contributed by atoms with Crippen molar-refractivity contribution in [1.29, 1.82) is 0 Å². The summed E-state index contributed by atoms with van der Waals surface area (Å²) >= 11 is 1.13. The van der Waals surface area contributed by atoms with Gasteiger partial charge >= 0.3 is 18.1 Å². The fourth-order valence-corrected chi connectivity index (χ4v) is 5.41. The maximum Gasteiger partial charge on any atom is 0.417 e. The third-order valence-electron chi connectivity index (χ3n) is 5.66. The second-order valence-electron chi connectivity index (χ2n) is 8.26. The molecule has 0 unspecified atom stereocenters. The number of carboxylic acid groups (broad SMARTS) is 2. The molecule has 6 nitrogen and oxygen atoms in total. The van der Waals surface area contributed by atoms with Crippen molar-refractivity contribution in [2.24, 2.45) is 11.8 Å². The molecule has 2 aromatic rings. The molecule has 1 aromatic carbocycles. The second-order valence-corrected chi connectivity index (χ2v) is 9.24. The summed E-state index contributed by atoms with van der Waals surface area (Å²) in [6.45, 7) is 3.43. The van der Waals surface area contributed by atoms with Gasteiger partial charge in [0.25, 0.3) is 5.91 Å². The van der Waals surface area contributed by atoms with E-state index < -0.39 is 59.1 Å². The zero-order chi connectivity index (χ0) is 23.8. The Kier molecular flexibility index (Phi) is 6.37. The number of likely N-dealkylation sites (tertiary alicyclic amines) is 1. The van der Waals surface area contributed by atoms with Crippen LogP contribution in [0, 0.1) is 11.8 Å². The van der Waals surface area contributed by atoms with Gasteiger partial charge in [-0.05, 0) is 42.3 Å². The highest BCUT2D eigenvalue weighted by Crippen LogP contribution is 2.52. The van der Waals surface area contributed by atoms with Crippen molar-refractivity contribution >= 4 is 29.2 Å². The molecule has 3 rings (SSSR count). The van der Waals surface area contributed by atoms with Gasteiger partial charge < -0.3 is 15.1 Å². The fourth-order valence-electron chi connectivity index (χ4n) is 4.53. The first kappa shape index (κ1) is 23.8. The van der Waals surface area contributed by atoms with Crippen LogP contribution in [0.1, 0.15) is 53.5 Å². The van der Waals surface area contributed by atoms with Gasteiger partial charge in [0.05, 0.1) is 23.1 Å². The van der Waals surface area contributed by atoms with Crippen molar-refractivity contribution in [3.05, 3.63) is 57.8 Å². The van der Waals surface area contributed by atoms with Gasteiger partial charge in [-0.2, -0.15) is 13.2 Å². The molecule has 1 fully saturated rings. The monoisotopic (exact) mass is 469 g/mol. The first-order chi connectivity index (χ1) is 14.9. The van der Waals surface area contributed by atoms with Gasteiger partial charge in [-0.3, -0.25) is 9.59 Å². The number of benzene rings is 1. The van der Waals surface area contributed by atoms with E-state index in [4.69, 9.17) is 0 Å². The van der Waals surface area contributed by atoms with E-state index >= 15 is 0 Å². The minimum atomic E-state index is -4.85. The number of carbonyl (C=O) groups excluding carboxylic acids is 1. The molecule has 0 bridgehead atoms.